The number of unbranched alkanes of at least 4 members (excludes halogenated alkanes) is 1. The molecule has 0 radical (unpaired) electrons. The van der Waals surface area contributed by atoms with E-state index in [0.717, 1.165) is 41.5 Å². The van der Waals surface area contributed by atoms with Crippen LogP contribution in [-0.2, 0) is 25.7 Å². The summed E-state index contributed by atoms with van der Waals surface area (Å²) in [5.41, 5.74) is 4.70. The van der Waals surface area contributed by atoms with E-state index in [9.17, 15) is 20.1 Å². The maximum absolute atomic E-state index is 12.5. The van der Waals surface area contributed by atoms with Crippen molar-refractivity contribution in [1.82, 2.24) is 29.2 Å². The molecule has 6 rings (SSSR count). The van der Waals surface area contributed by atoms with Crippen LogP contribution in [0.25, 0.3) is 11.3 Å². The summed E-state index contributed by atoms with van der Waals surface area (Å²) in [6.45, 7) is 6.21. The van der Waals surface area contributed by atoms with Crippen LogP contribution in [0.15, 0.2) is 82.4 Å². The van der Waals surface area contributed by atoms with E-state index in [1.807, 2.05) is 84.9 Å². The molecule has 4 heterocycles. The van der Waals surface area contributed by atoms with Gasteiger partial charge in [0, 0.05) is 12.8 Å². The summed E-state index contributed by atoms with van der Waals surface area (Å²) in [5.74, 6) is 1.79. The molecule has 0 spiro atoms. The first kappa shape index (κ1) is 31.7. The van der Waals surface area contributed by atoms with Crippen LogP contribution in [0.3, 0.4) is 0 Å². The van der Waals surface area contributed by atoms with Crippen molar-refractivity contribution in [3.05, 3.63) is 139 Å². The minimum Gasteiger partial charge on any atom is -0.276 e. The Hall–Kier alpha value is -5.74. The summed E-state index contributed by atoms with van der Waals surface area (Å²) < 4.78 is 2.73. The Balaban J connectivity index is 0.000000181. The lowest BCUT2D eigenvalue weighted by Crippen LogP contribution is -2.20. The number of hydrogen-bond acceptors (Lipinski definition) is 6. The molecule has 0 unspecified atom stereocenters. The fraction of sp³-hybridized carbons (Fsp3) is 0.278. The molecule has 0 saturated heterocycles. The van der Waals surface area contributed by atoms with Crippen molar-refractivity contribution in [1.29, 1.82) is 10.5 Å². The standard InChI is InChI=1S/2C18H18N4O/c1-12(2)8-14-10-17-20-16(9-13-6-4-3-5-7-13)21-22(17)18(23)15(14)11-19;1-2-3-9-14-11-17-20-16(10-13-7-5-4-6-8-13)21-22(17)18(23)15(14)12-19/h3-7,10,12H,8-9H2,1-2H3,(H,20,21);4-8,11H,2-3,9-10H2,1H3,(H,20,21). The number of aromatic amines is 2. The Kier molecular flexibility index (Phi) is 9.89. The number of nitrogens with zero attached hydrogens (tertiary/aromatic N) is 6. The fourth-order valence-electron chi connectivity index (χ4n) is 5.40. The maximum atomic E-state index is 12.5. The van der Waals surface area contributed by atoms with Gasteiger partial charge in [-0.15, -0.1) is 0 Å². The molecule has 10 nitrogen and oxygen atoms in total. The number of pyridine rings is 2. The Morgan fingerprint density at radius 2 is 1.20 bits per heavy atom. The van der Waals surface area contributed by atoms with Gasteiger partial charge >= 0.3 is 0 Å². The Bertz CT molecular complexity index is 2160. The van der Waals surface area contributed by atoms with Crippen LogP contribution >= 0.6 is 0 Å². The maximum Gasteiger partial charge on any atom is 0.289 e. The topological polar surface area (TPSA) is 148 Å². The van der Waals surface area contributed by atoms with Crippen molar-refractivity contribution in [2.75, 3.05) is 0 Å². The average molecular weight is 613 g/mol. The number of nitriles is 2. The number of H-pyrrole nitrogens is 2. The highest BCUT2D eigenvalue weighted by molar-refractivity contribution is 5.49. The number of benzene rings is 2. The Morgan fingerprint density at radius 1 is 0.739 bits per heavy atom. The highest BCUT2D eigenvalue weighted by Crippen LogP contribution is 2.15. The van der Waals surface area contributed by atoms with Crippen LogP contribution in [0.1, 0.15) is 78.6 Å². The molecule has 0 amide bonds. The summed E-state index contributed by atoms with van der Waals surface area (Å²) in [6, 6.07) is 27.6. The monoisotopic (exact) mass is 612 g/mol. The van der Waals surface area contributed by atoms with Gasteiger partial charge in [-0.05, 0) is 59.6 Å². The molecule has 0 fully saturated rings. The normalized spacial score (nSPS) is 10.9. The molecule has 0 aliphatic heterocycles. The van der Waals surface area contributed by atoms with E-state index in [1.165, 1.54) is 9.03 Å². The molecular weight excluding hydrogens is 576 g/mol. The van der Waals surface area contributed by atoms with Crippen molar-refractivity contribution in [3.63, 3.8) is 0 Å². The second-order valence-electron chi connectivity index (χ2n) is 11.7. The third-order valence-corrected chi connectivity index (χ3v) is 7.60. The van der Waals surface area contributed by atoms with Crippen molar-refractivity contribution < 1.29 is 0 Å². The lowest BCUT2D eigenvalue weighted by Gasteiger charge is -2.06. The van der Waals surface area contributed by atoms with E-state index in [1.54, 1.807) is 0 Å². The first-order valence-electron chi connectivity index (χ1n) is 15.5. The summed E-state index contributed by atoms with van der Waals surface area (Å²) in [5, 5.41) is 24.6. The summed E-state index contributed by atoms with van der Waals surface area (Å²) in [4.78, 5) is 34.0. The van der Waals surface area contributed by atoms with Gasteiger partial charge in [-0.2, -0.15) is 19.6 Å². The van der Waals surface area contributed by atoms with Gasteiger partial charge in [0.2, 0.25) is 0 Å². The number of hydrogen-bond donors (Lipinski definition) is 2. The van der Waals surface area contributed by atoms with Gasteiger partial charge in [0.05, 0.1) is 0 Å². The molecule has 0 saturated carbocycles. The molecule has 0 aliphatic carbocycles. The van der Waals surface area contributed by atoms with Gasteiger partial charge in [0.15, 0.2) is 11.3 Å². The molecule has 6 aromatic rings. The molecule has 0 atom stereocenters. The predicted molar refractivity (Wildman–Crippen MR) is 177 cm³/mol. The number of aromatic nitrogens is 6. The minimum atomic E-state index is -0.326. The van der Waals surface area contributed by atoms with Crippen LogP contribution in [-0.4, -0.2) is 29.2 Å². The Morgan fingerprint density at radius 3 is 1.63 bits per heavy atom. The third-order valence-electron chi connectivity index (χ3n) is 7.60. The van der Waals surface area contributed by atoms with E-state index in [-0.39, 0.29) is 22.2 Å². The summed E-state index contributed by atoms with van der Waals surface area (Å²) in [7, 11) is 0. The van der Waals surface area contributed by atoms with Crippen LogP contribution in [0.5, 0.6) is 0 Å². The predicted octanol–water partition coefficient (Wildman–Crippen LogP) is 5.51. The van der Waals surface area contributed by atoms with Gasteiger partial charge in [0.25, 0.3) is 11.1 Å². The molecule has 46 heavy (non-hydrogen) atoms. The molecule has 4 aromatic heterocycles. The zero-order valence-corrected chi connectivity index (χ0v) is 26.2. The largest absolute Gasteiger partial charge is 0.289 e. The molecular formula is C36H36N8O2. The number of rotatable bonds is 9. The van der Waals surface area contributed by atoms with E-state index < -0.39 is 0 Å². The van der Waals surface area contributed by atoms with Gasteiger partial charge in [0.1, 0.15) is 34.9 Å². The average Bonchev–Trinajstić information content (AvgIpc) is 3.65. The molecule has 10 heteroatoms. The smallest absolute Gasteiger partial charge is 0.276 e. The van der Waals surface area contributed by atoms with Crippen molar-refractivity contribution >= 4 is 11.3 Å². The van der Waals surface area contributed by atoms with Crippen molar-refractivity contribution in [3.8, 4) is 12.1 Å². The van der Waals surface area contributed by atoms with Crippen LogP contribution in [0.2, 0.25) is 0 Å². The van der Waals surface area contributed by atoms with Crippen LogP contribution in [0.4, 0.5) is 0 Å². The number of fused-ring (bicyclic) bond motifs is 2. The zero-order valence-electron chi connectivity index (χ0n) is 26.2. The molecule has 2 N–H and O–H groups in total. The second-order valence-corrected chi connectivity index (χ2v) is 11.7. The SMILES string of the molecule is CC(C)Cc1cc2nc(Cc3ccccc3)[nH]n2c(=O)c1C#N.CCCCc1cc2nc(Cc3ccccc3)[nH]n2c(=O)c1C#N. The number of nitrogens with one attached hydrogen (secondary N) is 2. The molecule has 0 aliphatic rings. The first-order valence-corrected chi connectivity index (χ1v) is 15.5. The zero-order chi connectivity index (χ0) is 32.6. The molecule has 2 aromatic carbocycles. The highest BCUT2D eigenvalue weighted by Gasteiger charge is 2.16. The van der Waals surface area contributed by atoms with Gasteiger partial charge in [-0.3, -0.25) is 19.8 Å². The quantitative estimate of drug-likeness (QED) is 0.220. The first-order chi connectivity index (χ1) is 22.3. The number of aryl methyl sites for hydroxylation is 1. The molecule has 0 bridgehead atoms. The second kappa shape index (κ2) is 14.4. The fourth-order valence-corrected chi connectivity index (χ4v) is 5.40. The minimum absolute atomic E-state index is 0.200. The van der Waals surface area contributed by atoms with E-state index in [2.05, 4.69) is 40.9 Å². The van der Waals surface area contributed by atoms with Gasteiger partial charge in [-0.1, -0.05) is 87.9 Å². The molecule has 232 valence electrons. The summed E-state index contributed by atoms with van der Waals surface area (Å²) >= 11 is 0. The van der Waals surface area contributed by atoms with Crippen LogP contribution < -0.4 is 11.1 Å². The highest BCUT2D eigenvalue weighted by atomic mass is 16.1. The van der Waals surface area contributed by atoms with Gasteiger partial charge in [-0.25, -0.2) is 9.97 Å². The van der Waals surface area contributed by atoms with Crippen molar-refractivity contribution in [2.45, 2.75) is 59.3 Å². The van der Waals surface area contributed by atoms with E-state index in [0.29, 0.717) is 48.1 Å². The lowest BCUT2D eigenvalue weighted by atomic mass is 10.00. The third kappa shape index (κ3) is 7.14. The van der Waals surface area contributed by atoms with E-state index >= 15 is 0 Å². The van der Waals surface area contributed by atoms with Gasteiger partial charge < -0.3 is 0 Å². The van der Waals surface area contributed by atoms with Crippen molar-refractivity contribution in [2.24, 2.45) is 5.92 Å². The lowest BCUT2D eigenvalue weighted by molar-refractivity contribution is 0.644. The Labute approximate surface area is 266 Å². The summed E-state index contributed by atoms with van der Waals surface area (Å²) in [6.07, 6.45) is 4.62. The van der Waals surface area contributed by atoms with Crippen LogP contribution in [0, 0.1) is 28.6 Å². The van der Waals surface area contributed by atoms with E-state index in [4.69, 9.17) is 0 Å².